The zero-order valence-electron chi connectivity index (χ0n) is 3.34. The van der Waals surface area contributed by atoms with Crippen LogP contribution in [0.25, 0.3) is 0 Å². The predicted molar refractivity (Wildman–Crippen MR) is 58.3 cm³/mol. The first-order chi connectivity index (χ1) is 2.56. The van der Waals surface area contributed by atoms with Crippen LogP contribution in [0.4, 0.5) is 0 Å². The van der Waals surface area contributed by atoms with Crippen LogP contribution in [0.1, 0.15) is 6.92 Å². The zero-order valence-corrected chi connectivity index (χ0v) is 13.7. The number of halogens is 3. The summed E-state index contributed by atoms with van der Waals surface area (Å²) in [6.45, 7) is 2.28. The van der Waals surface area contributed by atoms with Crippen LogP contribution in [0, 0.1) is 0 Å². The summed E-state index contributed by atoms with van der Waals surface area (Å²) in [6, 6.07) is 0. The predicted octanol–water partition coefficient (Wildman–Crippen LogP) is 3.25. The van der Waals surface area contributed by atoms with Gasteiger partial charge in [-0.25, -0.2) is 0 Å². The summed E-state index contributed by atoms with van der Waals surface area (Å²) < 4.78 is 1.45. The molecule has 0 saturated carbocycles. The molecule has 0 nitrogen and oxygen atoms in total. The molecule has 0 aromatic rings. The molecule has 38 valence electrons. The van der Waals surface area contributed by atoms with Gasteiger partial charge in [0.2, 0.25) is 0 Å². The Balaban J connectivity index is 3.17. The minimum absolute atomic E-state index is 1.42. The van der Waals surface area contributed by atoms with E-state index in [0.29, 0.717) is 0 Å². The van der Waals surface area contributed by atoms with E-state index >= 15 is 0 Å². The van der Waals surface area contributed by atoms with Gasteiger partial charge in [0.15, 0.2) is 0 Å². The van der Waals surface area contributed by atoms with Crippen molar-refractivity contribution in [1.29, 1.82) is 0 Å². The Labute approximate surface area is 70.2 Å². The summed E-state index contributed by atoms with van der Waals surface area (Å²) in [5.41, 5.74) is 0. The van der Waals surface area contributed by atoms with Crippen molar-refractivity contribution in [1.82, 2.24) is 0 Å². The normalized spacial score (nSPS) is 12.0. The first-order valence-corrected chi connectivity index (χ1v) is 37.2. The van der Waals surface area contributed by atoms with Gasteiger partial charge in [-0.3, -0.25) is 0 Å². The second-order valence-corrected chi connectivity index (χ2v) is 111. The quantitative estimate of drug-likeness (QED) is 0.314. The van der Waals surface area contributed by atoms with E-state index in [-0.39, 0.29) is 0 Å². The van der Waals surface area contributed by atoms with Gasteiger partial charge in [0.1, 0.15) is 0 Å². The molecule has 0 amide bonds. The Bertz CT molecular complexity index is 38.5. The van der Waals surface area contributed by atoms with Gasteiger partial charge in [-0.05, 0) is 0 Å². The minimum atomic E-state index is -1.42. The Morgan fingerprint density at radius 3 is 1.50 bits per heavy atom. The van der Waals surface area contributed by atoms with E-state index in [2.05, 4.69) is 60.2 Å². The van der Waals surface area contributed by atoms with Crippen molar-refractivity contribution in [3.8, 4) is 0 Å². The molecule has 0 bridgehead atoms. The molecule has 0 spiro atoms. The Hall–Kier alpha value is 3.11. The van der Waals surface area contributed by atoms with Crippen LogP contribution in [0.15, 0.2) is 0 Å². The second-order valence-electron chi connectivity index (χ2n) is 0.969. The molecule has 0 heterocycles. The summed E-state index contributed by atoms with van der Waals surface area (Å²) in [6.07, 6.45) is 0. The fourth-order valence-corrected chi connectivity index (χ4v) is 0. The molecule has 0 rings (SSSR count). The summed E-state index contributed by atoms with van der Waals surface area (Å²) in [7, 11) is -1.42. The third-order valence-electron chi connectivity index (χ3n) is 0.401. The van der Waals surface area contributed by atoms with E-state index < -0.39 is 8.29 Å². The van der Waals surface area contributed by atoms with Gasteiger partial charge in [-0.2, -0.15) is 0 Å². The Morgan fingerprint density at radius 1 is 1.33 bits per heavy atom. The maximum atomic E-state index is 2.64. The van der Waals surface area contributed by atoms with Crippen LogP contribution in [0.2, 0.25) is 3.98 Å². The third kappa shape index (κ3) is 7.11. The molecular weight excluding hydrogens is 612 g/mol. The van der Waals surface area contributed by atoms with Crippen molar-refractivity contribution >= 4 is 61.6 Å². The van der Waals surface area contributed by atoms with E-state index in [1.807, 2.05) is 0 Å². The van der Waals surface area contributed by atoms with Crippen molar-refractivity contribution < 1.29 is 0 Å². The standard InChI is InChI=1S/C2H5.3HI.Pb/c1-2;;;;/h1H2,2H3;3*1H;/q;;;;+3/p-3. The van der Waals surface area contributed by atoms with Gasteiger partial charge >= 0.3 is 72.5 Å². The summed E-state index contributed by atoms with van der Waals surface area (Å²) >= 11 is 7.91. The van der Waals surface area contributed by atoms with Crippen LogP contribution in [0.5, 0.6) is 0 Å². The van der Waals surface area contributed by atoms with Crippen molar-refractivity contribution in [3.05, 3.63) is 0 Å². The first kappa shape index (κ1) is 9.11. The van der Waals surface area contributed by atoms with Crippen LogP contribution in [-0.4, -0.2) is 8.29 Å². The molecule has 0 N–H and O–H groups in total. The van der Waals surface area contributed by atoms with Crippen molar-refractivity contribution in [3.63, 3.8) is 0 Å². The van der Waals surface area contributed by atoms with E-state index in [4.69, 9.17) is 0 Å². The van der Waals surface area contributed by atoms with Crippen LogP contribution < -0.4 is 0 Å². The van der Waals surface area contributed by atoms with Gasteiger partial charge in [0.25, 0.3) is 0 Å². The summed E-state index contributed by atoms with van der Waals surface area (Å²) in [5, 5.41) is 0. The van der Waals surface area contributed by atoms with Gasteiger partial charge < -0.3 is 0 Å². The Morgan fingerprint density at radius 2 is 1.50 bits per heavy atom. The average molecular weight is 617 g/mol. The van der Waals surface area contributed by atoms with Gasteiger partial charge in [0, 0.05) is 0 Å². The van der Waals surface area contributed by atoms with Crippen LogP contribution in [-0.2, 0) is 0 Å². The Kier molecular flexibility index (Phi) is 6.09. The molecule has 0 saturated heterocycles. The van der Waals surface area contributed by atoms with Gasteiger partial charge in [0.05, 0.1) is 0 Å². The summed E-state index contributed by atoms with van der Waals surface area (Å²) in [5.74, 6) is 0. The molecule has 0 radical (unpaired) electrons. The maximum absolute atomic E-state index is 2.64. The van der Waals surface area contributed by atoms with Crippen molar-refractivity contribution in [2.45, 2.75) is 10.9 Å². The monoisotopic (exact) mass is 618 g/mol. The zero-order chi connectivity index (χ0) is 5.21. The van der Waals surface area contributed by atoms with Crippen LogP contribution in [0.3, 0.4) is 0 Å². The first-order valence-electron chi connectivity index (χ1n) is 1.63. The van der Waals surface area contributed by atoms with E-state index in [1.165, 1.54) is 3.98 Å². The third-order valence-corrected chi connectivity index (χ3v) is 23.6. The fourth-order valence-electron chi connectivity index (χ4n) is 0. The molecule has 0 aromatic carbocycles. The molecule has 0 aromatic heterocycles. The number of hydrogen-bond acceptors (Lipinski definition) is 0. The van der Waals surface area contributed by atoms with Crippen molar-refractivity contribution in [2.75, 3.05) is 0 Å². The molecule has 0 fully saturated rings. The van der Waals surface area contributed by atoms with Gasteiger partial charge in [-0.1, -0.05) is 0 Å². The second kappa shape index (κ2) is 4.01. The molecule has 6 heavy (non-hydrogen) atoms. The SMILES string of the molecule is C[CH2][Pb]([I])([I])[I]. The molecule has 4 heteroatoms. The van der Waals surface area contributed by atoms with Crippen LogP contribution >= 0.6 is 53.3 Å². The van der Waals surface area contributed by atoms with Gasteiger partial charge in [-0.15, -0.1) is 0 Å². The van der Waals surface area contributed by atoms with Crippen molar-refractivity contribution in [2.24, 2.45) is 0 Å². The van der Waals surface area contributed by atoms with E-state index in [9.17, 15) is 0 Å². The molecular formula is C2H5I3Pb. The average Bonchev–Trinajstić information content (AvgIpc) is 1.35. The molecule has 0 aliphatic carbocycles. The van der Waals surface area contributed by atoms with E-state index in [0.717, 1.165) is 0 Å². The number of hydrogen-bond donors (Lipinski definition) is 0. The topological polar surface area (TPSA) is 0 Å². The molecule has 0 atom stereocenters. The molecule has 0 aliphatic heterocycles. The fraction of sp³-hybridized carbons (Fsp3) is 1.00. The molecule has 0 unspecified atom stereocenters. The molecule has 0 aliphatic rings. The number of rotatable bonds is 1. The summed E-state index contributed by atoms with van der Waals surface area (Å²) in [4.78, 5) is 0. The van der Waals surface area contributed by atoms with E-state index in [1.54, 1.807) is 0 Å².